The van der Waals surface area contributed by atoms with Crippen LogP contribution in [0, 0.1) is 11.8 Å². The van der Waals surface area contributed by atoms with E-state index in [-0.39, 0.29) is 5.60 Å². The van der Waals surface area contributed by atoms with Crippen molar-refractivity contribution in [2.75, 3.05) is 26.2 Å². The second-order valence-corrected chi connectivity index (χ2v) is 5.69. The van der Waals surface area contributed by atoms with Gasteiger partial charge in [0.15, 0.2) is 0 Å². The van der Waals surface area contributed by atoms with E-state index in [4.69, 9.17) is 4.74 Å². The molecule has 4 nitrogen and oxygen atoms in total. The molecular formula is C11H22N2O2. The fourth-order valence-corrected chi connectivity index (χ4v) is 2.46. The van der Waals surface area contributed by atoms with Crippen LogP contribution in [0.3, 0.4) is 0 Å². The van der Waals surface area contributed by atoms with Gasteiger partial charge in [-0.3, -0.25) is 4.90 Å². The Morgan fingerprint density at radius 2 is 1.80 bits per heavy atom. The Labute approximate surface area is 91.6 Å². The molecule has 0 radical (unpaired) electrons. The van der Waals surface area contributed by atoms with Crippen LogP contribution in [-0.2, 0) is 4.74 Å². The molecule has 0 aromatic carbocycles. The van der Waals surface area contributed by atoms with Gasteiger partial charge in [0.05, 0.1) is 5.60 Å². The summed E-state index contributed by atoms with van der Waals surface area (Å²) < 4.78 is 5.55. The summed E-state index contributed by atoms with van der Waals surface area (Å²) in [7, 11) is 0. The van der Waals surface area contributed by atoms with Crippen molar-refractivity contribution in [3.05, 3.63) is 0 Å². The molecule has 2 heterocycles. The molecule has 4 heteroatoms. The fourth-order valence-electron chi connectivity index (χ4n) is 2.46. The number of likely N-dealkylation sites (tertiary alicyclic amines) is 1. The minimum Gasteiger partial charge on any atom is -0.356 e. The molecule has 0 bridgehead atoms. The standard InChI is InChI=1S/C11H22N2O2/c1-11(2,3)15-10(14)13-6-8-4-12-5-9(8)7-13/h8-10,12,14H,4-7H2,1-3H3. The lowest BCUT2D eigenvalue weighted by molar-refractivity contribution is -0.235. The van der Waals surface area contributed by atoms with Crippen molar-refractivity contribution in [3.8, 4) is 0 Å². The predicted molar refractivity (Wildman–Crippen MR) is 58.3 cm³/mol. The van der Waals surface area contributed by atoms with Crippen LogP contribution in [-0.4, -0.2) is 48.2 Å². The number of aliphatic hydroxyl groups excluding tert-OH is 1. The number of nitrogens with zero attached hydrogens (tertiary/aromatic N) is 1. The third kappa shape index (κ3) is 2.69. The van der Waals surface area contributed by atoms with Gasteiger partial charge in [0.1, 0.15) is 0 Å². The van der Waals surface area contributed by atoms with Crippen molar-refractivity contribution in [1.29, 1.82) is 0 Å². The smallest absolute Gasteiger partial charge is 0.216 e. The zero-order valence-electron chi connectivity index (χ0n) is 9.86. The molecule has 88 valence electrons. The van der Waals surface area contributed by atoms with Gasteiger partial charge in [-0.15, -0.1) is 0 Å². The van der Waals surface area contributed by atoms with Crippen LogP contribution in [0.5, 0.6) is 0 Å². The van der Waals surface area contributed by atoms with Gasteiger partial charge in [-0.1, -0.05) is 0 Å². The minimum atomic E-state index is -0.740. The molecule has 0 aromatic rings. The van der Waals surface area contributed by atoms with E-state index in [2.05, 4.69) is 5.32 Å². The van der Waals surface area contributed by atoms with Gasteiger partial charge in [0.25, 0.3) is 0 Å². The lowest BCUT2D eigenvalue weighted by Crippen LogP contribution is -2.41. The molecule has 3 unspecified atom stereocenters. The summed E-state index contributed by atoms with van der Waals surface area (Å²) in [5.41, 5.74) is -0.282. The van der Waals surface area contributed by atoms with Crippen LogP contribution in [0.4, 0.5) is 0 Å². The molecule has 0 aromatic heterocycles. The number of aliphatic hydroxyl groups is 1. The summed E-state index contributed by atoms with van der Waals surface area (Å²) in [6, 6.07) is 0. The van der Waals surface area contributed by atoms with E-state index < -0.39 is 6.41 Å². The largest absolute Gasteiger partial charge is 0.356 e. The highest BCUT2D eigenvalue weighted by Crippen LogP contribution is 2.28. The lowest BCUT2D eigenvalue weighted by atomic mass is 10.0. The Balaban J connectivity index is 1.85. The first kappa shape index (κ1) is 11.3. The third-order valence-corrected chi connectivity index (χ3v) is 3.19. The average Bonchev–Trinajstić information content (AvgIpc) is 2.56. The summed E-state index contributed by atoms with van der Waals surface area (Å²) in [5.74, 6) is 1.39. The van der Waals surface area contributed by atoms with E-state index in [0.717, 1.165) is 26.2 Å². The van der Waals surface area contributed by atoms with E-state index in [1.54, 1.807) is 0 Å². The van der Waals surface area contributed by atoms with Crippen molar-refractivity contribution >= 4 is 0 Å². The van der Waals surface area contributed by atoms with E-state index >= 15 is 0 Å². The Kier molecular flexibility index (Phi) is 3.03. The van der Waals surface area contributed by atoms with Gasteiger partial charge < -0.3 is 15.2 Å². The molecule has 0 saturated carbocycles. The van der Waals surface area contributed by atoms with E-state index in [1.807, 2.05) is 25.7 Å². The lowest BCUT2D eigenvalue weighted by Gasteiger charge is -2.30. The van der Waals surface area contributed by atoms with Crippen molar-refractivity contribution < 1.29 is 9.84 Å². The quantitative estimate of drug-likeness (QED) is 0.646. The molecule has 0 amide bonds. The maximum atomic E-state index is 9.92. The maximum Gasteiger partial charge on any atom is 0.216 e. The fraction of sp³-hybridized carbons (Fsp3) is 1.00. The van der Waals surface area contributed by atoms with Crippen LogP contribution < -0.4 is 5.32 Å². The Morgan fingerprint density at radius 3 is 2.27 bits per heavy atom. The molecule has 2 fully saturated rings. The van der Waals surface area contributed by atoms with Gasteiger partial charge in [-0.05, 0) is 45.7 Å². The van der Waals surface area contributed by atoms with Crippen molar-refractivity contribution in [2.24, 2.45) is 11.8 Å². The predicted octanol–water partition coefficient (Wildman–Crippen LogP) is 0.229. The van der Waals surface area contributed by atoms with Gasteiger partial charge in [-0.25, -0.2) is 0 Å². The Morgan fingerprint density at radius 1 is 1.27 bits per heavy atom. The molecule has 2 aliphatic rings. The molecular weight excluding hydrogens is 192 g/mol. The zero-order chi connectivity index (χ0) is 11.1. The van der Waals surface area contributed by atoms with Crippen LogP contribution in [0.15, 0.2) is 0 Å². The molecule has 3 atom stereocenters. The number of nitrogens with one attached hydrogen (secondary N) is 1. The maximum absolute atomic E-state index is 9.92. The zero-order valence-corrected chi connectivity index (χ0v) is 9.86. The van der Waals surface area contributed by atoms with Crippen LogP contribution in [0.2, 0.25) is 0 Å². The van der Waals surface area contributed by atoms with Gasteiger partial charge in [-0.2, -0.15) is 0 Å². The molecule has 2 aliphatic heterocycles. The normalized spacial score (nSPS) is 34.4. The third-order valence-electron chi connectivity index (χ3n) is 3.19. The van der Waals surface area contributed by atoms with E-state index in [0.29, 0.717) is 11.8 Å². The molecule has 2 rings (SSSR count). The highest BCUT2D eigenvalue weighted by atomic mass is 16.6. The summed E-state index contributed by atoms with van der Waals surface area (Å²) >= 11 is 0. The number of fused-ring (bicyclic) bond motifs is 1. The SMILES string of the molecule is CC(C)(C)OC(O)N1CC2CNCC2C1. The summed E-state index contributed by atoms with van der Waals surface area (Å²) in [4.78, 5) is 2.04. The number of hydrogen-bond donors (Lipinski definition) is 2. The van der Waals surface area contributed by atoms with Crippen molar-refractivity contribution in [2.45, 2.75) is 32.8 Å². The monoisotopic (exact) mass is 214 g/mol. The number of rotatable bonds is 2. The van der Waals surface area contributed by atoms with E-state index in [9.17, 15) is 5.11 Å². The molecule has 2 saturated heterocycles. The van der Waals surface area contributed by atoms with Crippen LogP contribution >= 0.6 is 0 Å². The summed E-state index contributed by atoms with van der Waals surface area (Å²) in [6.45, 7) is 9.98. The number of hydrogen-bond acceptors (Lipinski definition) is 4. The van der Waals surface area contributed by atoms with Crippen molar-refractivity contribution in [1.82, 2.24) is 10.2 Å². The average molecular weight is 214 g/mol. The summed E-state index contributed by atoms with van der Waals surface area (Å²) in [5, 5.41) is 13.3. The second-order valence-electron chi connectivity index (χ2n) is 5.69. The molecule has 0 aliphatic carbocycles. The highest BCUT2D eigenvalue weighted by molar-refractivity contribution is 4.91. The van der Waals surface area contributed by atoms with Crippen molar-refractivity contribution in [3.63, 3.8) is 0 Å². The van der Waals surface area contributed by atoms with Gasteiger partial charge >= 0.3 is 0 Å². The molecule has 15 heavy (non-hydrogen) atoms. The second kappa shape index (κ2) is 4.01. The Hall–Kier alpha value is -0.160. The van der Waals surface area contributed by atoms with E-state index in [1.165, 1.54) is 0 Å². The minimum absolute atomic E-state index is 0.282. The molecule has 2 N–H and O–H groups in total. The summed E-state index contributed by atoms with van der Waals surface area (Å²) in [6.07, 6.45) is -0.740. The topological polar surface area (TPSA) is 44.7 Å². The first-order chi connectivity index (χ1) is 6.96. The highest BCUT2D eigenvalue weighted by Gasteiger charge is 2.39. The first-order valence-corrected chi connectivity index (χ1v) is 5.76. The molecule has 0 spiro atoms. The van der Waals surface area contributed by atoms with Gasteiger partial charge in [0, 0.05) is 13.1 Å². The first-order valence-electron chi connectivity index (χ1n) is 5.76. The van der Waals surface area contributed by atoms with Gasteiger partial charge in [0.2, 0.25) is 6.41 Å². The number of ether oxygens (including phenoxy) is 1. The van der Waals surface area contributed by atoms with Crippen LogP contribution in [0.1, 0.15) is 20.8 Å². The Bertz CT molecular complexity index is 215. The van der Waals surface area contributed by atoms with Crippen LogP contribution in [0.25, 0.3) is 0 Å².